The Hall–Kier alpha value is -0.780. The molecule has 0 saturated carbocycles. The third kappa shape index (κ3) is 4.09. The Morgan fingerprint density at radius 3 is 2.84 bits per heavy atom. The van der Waals surface area contributed by atoms with Crippen molar-refractivity contribution in [2.24, 2.45) is 0 Å². The van der Waals surface area contributed by atoms with Crippen LogP contribution in [-0.2, 0) is 13.2 Å². The van der Waals surface area contributed by atoms with Crippen LogP contribution in [0.1, 0.15) is 18.2 Å². The quantitative estimate of drug-likeness (QED) is 0.791. The minimum absolute atomic E-state index is 0.425. The minimum atomic E-state index is 0.425. The molecule has 19 heavy (non-hydrogen) atoms. The second-order valence-electron chi connectivity index (χ2n) is 4.01. The van der Waals surface area contributed by atoms with E-state index in [0.29, 0.717) is 6.61 Å². The standard InChI is InChI=1S/C14H15Br2NO2/c1-2-17-8-10-5-6-18-14(10)9-19-13-4-3-11(15)7-12(13)16/h3-7,17H,2,8-9H2,1H3. The van der Waals surface area contributed by atoms with Crippen LogP contribution >= 0.6 is 31.9 Å². The van der Waals surface area contributed by atoms with Gasteiger partial charge in [-0.25, -0.2) is 0 Å². The van der Waals surface area contributed by atoms with Crippen LogP contribution in [-0.4, -0.2) is 6.54 Å². The fraction of sp³-hybridized carbons (Fsp3) is 0.286. The lowest BCUT2D eigenvalue weighted by Gasteiger charge is -2.08. The molecule has 0 aliphatic rings. The summed E-state index contributed by atoms with van der Waals surface area (Å²) in [6, 6.07) is 7.79. The summed E-state index contributed by atoms with van der Waals surface area (Å²) in [7, 11) is 0. The molecule has 1 aromatic heterocycles. The van der Waals surface area contributed by atoms with E-state index in [1.807, 2.05) is 24.3 Å². The van der Waals surface area contributed by atoms with E-state index in [9.17, 15) is 0 Å². The maximum absolute atomic E-state index is 5.77. The van der Waals surface area contributed by atoms with Gasteiger partial charge in [0.15, 0.2) is 0 Å². The van der Waals surface area contributed by atoms with E-state index >= 15 is 0 Å². The van der Waals surface area contributed by atoms with Gasteiger partial charge in [0.05, 0.1) is 10.7 Å². The molecule has 0 spiro atoms. The summed E-state index contributed by atoms with van der Waals surface area (Å²) in [5.41, 5.74) is 1.13. The van der Waals surface area contributed by atoms with Crippen molar-refractivity contribution in [1.29, 1.82) is 0 Å². The predicted octanol–water partition coefficient (Wildman–Crippen LogP) is 4.49. The molecule has 0 saturated heterocycles. The lowest BCUT2D eigenvalue weighted by molar-refractivity contribution is 0.266. The maximum Gasteiger partial charge on any atom is 0.146 e. The zero-order valence-corrected chi connectivity index (χ0v) is 13.8. The van der Waals surface area contributed by atoms with E-state index < -0.39 is 0 Å². The van der Waals surface area contributed by atoms with E-state index in [2.05, 4.69) is 44.1 Å². The van der Waals surface area contributed by atoms with Crippen LogP contribution < -0.4 is 10.1 Å². The highest BCUT2D eigenvalue weighted by atomic mass is 79.9. The molecule has 3 nitrogen and oxygen atoms in total. The highest BCUT2D eigenvalue weighted by Gasteiger charge is 2.08. The molecule has 0 bridgehead atoms. The number of hydrogen-bond acceptors (Lipinski definition) is 3. The van der Waals surface area contributed by atoms with Crippen molar-refractivity contribution in [2.75, 3.05) is 6.54 Å². The van der Waals surface area contributed by atoms with Crippen LogP contribution in [0.4, 0.5) is 0 Å². The molecule has 0 aliphatic carbocycles. The molecule has 1 aromatic carbocycles. The number of benzene rings is 1. The second kappa shape index (κ2) is 7.12. The zero-order valence-electron chi connectivity index (χ0n) is 10.6. The molecule has 0 unspecified atom stereocenters. The number of halogens is 2. The van der Waals surface area contributed by atoms with Gasteiger partial charge in [-0.2, -0.15) is 0 Å². The van der Waals surface area contributed by atoms with E-state index in [4.69, 9.17) is 9.15 Å². The van der Waals surface area contributed by atoms with Crippen molar-refractivity contribution in [3.05, 3.63) is 50.8 Å². The summed E-state index contributed by atoms with van der Waals surface area (Å²) in [5.74, 6) is 1.66. The van der Waals surface area contributed by atoms with Crippen molar-refractivity contribution in [3.63, 3.8) is 0 Å². The molecule has 0 atom stereocenters. The smallest absolute Gasteiger partial charge is 0.146 e. The molecule has 0 amide bonds. The normalized spacial score (nSPS) is 10.7. The summed E-state index contributed by atoms with van der Waals surface area (Å²) in [4.78, 5) is 0. The number of nitrogens with one attached hydrogen (secondary N) is 1. The van der Waals surface area contributed by atoms with Crippen molar-refractivity contribution < 1.29 is 9.15 Å². The lowest BCUT2D eigenvalue weighted by atomic mass is 10.2. The molecule has 2 aromatic rings. The fourth-order valence-corrected chi connectivity index (χ4v) is 2.81. The van der Waals surface area contributed by atoms with Gasteiger partial charge in [-0.1, -0.05) is 22.9 Å². The average molecular weight is 389 g/mol. The minimum Gasteiger partial charge on any atom is -0.484 e. The van der Waals surface area contributed by atoms with E-state index in [1.54, 1.807) is 6.26 Å². The first-order chi connectivity index (χ1) is 9.20. The highest BCUT2D eigenvalue weighted by Crippen LogP contribution is 2.29. The first-order valence-electron chi connectivity index (χ1n) is 6.04. The Labute approximate surface area is 129 Å². The monoisotopic (exact) mass is 387 g/mol. The largest absolute Gasteiger partial charge is 0.484 e. The van der Waals surface area contributed by atoms with Gasteiger partial charge in [-0.3, -0.25) is 0 Å². The van der Waals surface area contributed by atoms with Gasteiger partial charge in [0.1, 0.15) is 18.1 Å². The number of furan rings is 1. The van der Waals surface area contributed by atoms with Crippen LogP contribution in [0.25, 0.3) is 0 Å². The molecule has 1 heterocycles. The third-order valence-electron chi connectivity index (χ3n) is 2.66. The molecule has 0 radical (unpaired) electrons. The van der Waals surface area contributed by atoms with Crippen LogP contribution in [0, 0.1) is 0 Å². The van der Waals surface area contributed by atoms with Crippen LogP contribution in [0.3, 0.4) is 0 Å². The van der Waals surface area contributed by atoms with Gasteiger partial charge < -0.3 is 14.5 Å². The molecule has 2 rings (SSSR count). The summed E-state index contributed by atoms with van der Waals surface area (Å²) >= 11 is 6.89. The Morgan fingerprint density at radius 1 is 1.26 bits per heavy atom. The van der Waals surface area contributed by atoms with Crippen molar-refractivity contribution in [3.8, 4) is 5.75 Å². The summed E-state index contributed by atoms with van der Waals surface area (Å²) < 4.78 is 13.2. The van der Waals surface area contributed by atoms with E-state index in [0.717, 1.165) is 39.1 Å². The Kier molecular flexibility index (Phi) is 5.48. The number of hydrogen-bond donors (Lipinski definition) is 1. The highest BCUT2D eigenvalue weighted by molar-refractivity contribution is 9.11. The molecule has 5 heteroatoms. The van der Waals surface area contributed by atoms with Gasteiger partial charge in [-0.05, 0) is 46.7 Å². The van der Waals surface area contributed by atoms with E-state index in [-0.39, 0.29) is 0 Å². The first kappa shape index (κ1) is 14.6. The first-order valence-corrected chi connectivity index (χ1v) is 7.63. The summed E-state index contributed by atoms with van der Waals surface area (Å²) in [6.07, 6.45) is 1.70. The van der Waals surface area contributed by atoms with Gasteiger partial charge in [0.2, 0.25) is 0 Å². The van der Waals surface area contributed by atoms with Crippen LogP contribution in [0.2, 0.25) is 0 Å². The molecule has 0 aliphatic heterocycles. The molecule has 102 valence electrons. The summed E-state index contributed by atoms with van der Waals surface area (Å²) in [5, 5.41) is 3.28. The van der Waals surface area contributed by atoms with Crippen molar-refractivity contribution in [2.45, 2.75) is 20.1 Å². The Bertz CT molecular complexity index is 540. The molecule has 0 fully saturated rings. The van der Waals surface area contributed by atoms with Crippen molar-refractivity contribution in [1.82, 2.24) is 5.32 Å². The topological polar surface area (TPSA) is 34.4 Å². The SMILES string of the molecule is CCNCc1ccoc1COc1ccc(Br)cc1Br. The van der Waals surface area contributed by atoms with Crippen LogP contribution in [0.15, 0.2) is 43.9 Å². The van der Waals surface area contributed by atoms with E-state index in [1.165, 1.54) is 0 Å². The maximum atomic E-state index is 5.77. The van der Waals surface area contributed by atoms with Crippen molar-refractivity contribution >= 4 is 31.9 Å². The zero-order chi connectivity index (χ0) is 13.7. The molecular weight excluding hydrogens is 374 g/mol. The van der Waals surface area contributed by atoms with Gasteiger partial charge in [0, 0.05) is 16.6 Å². The number of rotatable bonds is 6. The molecular formula is C14H15Br2NO2. The van der Waals surface area contributed by atoms with Gasteiger partial charge in [0.25, 0.3) is 0 Å². The number of ether oxygens (including phenoxy) is 1. The Balaban J connectivity index is 2.00. The van der Waals surface area contributed by atoms with Gasteiger partial charge in [-0.15, -0.1) is 0 Å². The van der Waals surface area contributed by atoms with Crippen LogP contribution in [0.5, 0.6) is 5.75 Å². The lowest BCUT2D eigenvalue weighted by Crippen LogP contribution is -2.12. The second-order valence-corrected chi connectivity index (χ2v) is 5.78. The van der Waals surface area contributed by atoms with Gasteiger partial charge >= 0.3 is 0 Å². The molecule has 1 N–H and O–H groups in total. The summed E-state index contributed by atoms with van der Waals surface area (Å²) in [6.45, 7) is 4.24. The Morgan fingerprint density at radius 2 is 2.11 bits per heavy atom. The third-order valence-corrected chi connectivity index (χ3v) is 3.77. The average Bonchev–Trinajstić information content (AvgIpc) is 2.83. The predicted molar refractivity (Wildman–Crippen MR) is 82.3 cm³/mol. The fourth-order valence-electron chi connectivity index (χ4n) is 1.65.